The monoisotopic (exact) mass is 442 g/mol. The van der Waals surface area contributed by atoms with Crippen LogP contribution in [0.2, 0.25) is 0 Å². The van der Waals surface area contributed by atoms with Gasteiger partial charge in [0.15, 0.2) is 0 Å². The fourth-order valence-electron chi connectivity index (χ4n) is 3.78. The number of nitrogens with one attached hydrogen (secondary N) is 2. The zero-order valence-electron chi connectivity index (χ0n) is 18.2. The Morgan fingerprint density at radius 2 is 1.30 bits per heavy atom. The molecule has 0 unspecified atom stereocenters. The van der Waals surface area contributed by atoms with E-state index in [1.807, 2.05) is 58.3 Å². The Labute approximate surface area is 193 Å². The van der Waals surface area contributed by atoms with Crippen LogP contribution in [0.25, 0.3) is 0 Å². The zero-order chi connectivity index (χ0) is 23.0. The largest absolute Gasteiger partial charge is 0.336 e. The van der Waals surface area contributed by atoms with Crippen molar-refractivity contribution in [2.75, 3.05) is 43.4 Å². The Morgan fingerprint density at radius 1 is 0.697 bits per heavy atom. The maximum absolute atomic E-state index is 12.7. The van der Waals surface area contributed by atoms with Crippen molar-refractivity contribution in [2.24, 2.45) is 0 Å². The van der Waals surface area contributed by atoms with Gasteiger partial charge < -0.3 is 15.5 Å². The van der Waals surface area contributed by atoms with Crippen LogP contribution in [-0.2, 0) is 4.79 Å². The first-order chi connectivity index (χ1) is 16.1. The zero-order valence-corrected chi connectivity index (χ0v) is 18.2. The third kappa shape index (κ3) is 5.84. The van der Waals surface area contributed by atoms with Crippen molar-refractivity contribution in [2.45, 2.75) is 0 Å². The summed E-state index contributed by atoms with van der Waals surface area (Å²) in [7, 11) is 0. The molecule has 0 atom stereocenters. The first-order valence-corrected chi connectivity index (χ1v) is 10.9. The fraction of sp³-hybridized carbons (Fsp3) is 0.192. The van der Waals surface area contributed by atoms with Crippen LogP contribution < -0.4 is 10.6 Å². The first kappa shape index (κ1) is 22.2. The number of carbonyl (C=O) groups is 3. The Morgan fingerprint density at radius 3 is 2.00 bits per heavy atom. The standard InChI is InChI=1S/C26H26N4O3/c31-24(19-29-15-17-30(18-16-29)26(33)20-9-3-1-4-10-20)28-23-14-8-7-13-22(23)25(32)27-21-11-5-2-6-12-21/h1-14H,15-19H2,(H,27,32)(H,28,31). The summed E-state index contributed by atoms with van der Waals surface area (Å²) in [5.74, 6) is -0.471. The molecule has 0 aliphatic carbocycles. The van der Waals surface area contributed by atoms with E-state index in [-0.39, 0.29) is 24.3 Å². The molecule has 3 aromatic rings. The Balaban J connectivity index is 1.31. The number of carbonyl (C=O) groups excluding carboxylic acids is 3. The average molecular weight is 443 g/mol. The normalized spacial score (nSPS) is 13.9. The Kier molecular flexibility index (Phi) is 7.12. The molecule has 1 saturated heterocycles. The minimum atomic E-state index is -0.287. The number of amides is 3. The van der Waals surface area contributed by atoms with Gasteiger partial charge in [0.1, 0.15) is 0 Å². The highest BCUT2D eigenvalue weighted by Gasteiger charge is 2.23. The van der Waals surface area contributed by atoms with Gasteiger partial charge in [-0.1, -0.05) is 48.5 Å². The van der Waals surface area contributed by atoms with Crippen molar-refractivity contribution in [3.05, 3.63) is 96.1 Å². The van der Waals surface area contributed by atoms with Crippen LogP contribution in [0.15, 0.2) is 84.9 Å². The Hall–Kier alpha value is -3.97. The lowest BCUT2D eigenvalue weighted by atomic mass is 10.1. The molecular formula is C26H26N4O3. The molecule has 33 heavy (non-hydrogen) atoms. The summed E-state index contributed by atoms with van der Waals surface area (Å²) in [6.45, 7) is 2.56. The number of para-hydroxylation sites is 2. The number of nitrogens with zero attached hydrogens (tertiary/aromatic N) is 2. The van der Waals surface area contributed by atoms with Crippen LogP contribution in [0.1, 0.15) is 20.7 Å². The molecule has 3 aromatic carbocycles. The minimum absolute atomic E-state index is 0.0121. The van der Waals surface area contributed by atoms with E-state index in [9.17, 15) is 14.4 Å². The van der Waals surface area contributed by atoms with Crippen LogP contribution in [-0.4, -0.2) is 60.2 Å². The molecule has 3 amide bonds. The smallest absolute Gasteiger partial charge is 0.257 e. The second kappa shape index (κ2) is 10.6. The molecule has 1 aliphatic rings. The van der Waals surface area contributed by atoms with E-state index in [1.54, 1.807) is 36.4 Å². The molecule has 1 heterocycles. The Bertz CT molecular complexity index is 1110. The molecule has 0 radical (unpaired) electrons. The molecular weight excluding hydrogens is 416 g/mol. The molecule has 1 fully saturated rings. The lowest BCUT2D eigenvalue weighted by Gasteiger charge is -2.34. The molecule has 0 spiro atoms. The second-order valence-corrected chi connectivity index (χ2v) is 7.85. The van der Waals surface area contributed by atoms with Crippen LogP contribution >= 0.6 is 0 Å². The number of piperazine rings is 1. The van der Waals surface area contributed by atoms with Gasteiger partial charge in [-0.05, 0) is 36.4 Å². The van der Waals surface area contributed by atoms with Gasteiger partial charge in [-0.2, -0.15) is 0 Å². The van der Waals surface area contributed by atoms with Gasteiger partial charge in [-0.25, -0.2) is 0 Å². The van der Waals surface area contributed by atoms with E-state index in [2.05, 4.69) is 10.6 Å². The number of hydrogen-bond acceptors (Lipinski definition) is 4. The quantitative estimate of drug-likeness (QED) is 0.614. The average Bonchev–Trinajstić information content (AvgIpc) is 2.85. The van der Waals surface area contributed by atoms with E-state index in [1.165, 1.54) is 0 Å². The molecule has 168 valence electrons. The van der Waals surface area contributed by atoms with Gasteiger partial charge in [0.2, 0.25) is 5.91 Å². The second-order valence-electron chi connectivity index (χ2n) is 7.85. The summed E-state index contributed by atoms with van der Waals surface area (Å²) in [4.78, 5) is 41.8. The molecule has 0 aromatic heterocycles. The molecule has 0 bridgehead atoms. The van der Waals surface area contributed by atoms with Gasteiger partial charge in [0.05, 0.1) is 17.8 Å². The summed E-state index contributed by atoms with van der Waals surface area (Å²) >= 11 is 0. The third-order valence-electron chi connectivity index (χ3n) is 5.52. The van der Waals surface area contributed by atoms with Crippen LogP contribution in [0.5, 0.6) is 0 Å². The van der Waals surface area contributed by atoms with Gasteiger partial charge in [-0.15, -0.1) is 0 Å². The predicted molar refractivity (Wildman–Crippen MR) is 128 cm³/mol. The highest BCUT2D eigenvalue weighted by atomic mass is 16.2. The molecule has 1 aliphatic heterocycles. The highest BCUT2D eigenvalue weighted by Crippen LogP contribution is 2.18. The van der Waals surface area contributed by atoms with Crippen molar-refractivity contribution in [1.29, 1.82) is 0 Å². The maximum Gasteiger partial charge on any atom is 0.257 e. The van der Waals surface area contributed by atoms with Crippen molar-refractivity contribution >= 4 is 29.1 Å². The fourth-order valence-corrected chi connectivity index (χ4v) is 3.78. The lowest BCUT2D eigenvalue weighted by Crippen LogP contribution is -2.50. The van der Waals surface area contributed by atoms with Crippen molar-refractivity contribution < 1.29 is 14.4 Å². The van der Waals surface area contributed by atoms with Gasteiger partial charge >= 0.3 is 0 Å². The van der Waals surface area contributed by atoms with E-state index in [0.717, 1.165) is 0 Å². The van der Waals surface area contributed by atoms with E-state index in [4.69, 9.17) is 0 Å². The summed E-state index contributed by atoms with van der Waals surface area (Å²) in [6.07, 6.45) is 0. The first-order valence-electron chi connectivity index (χ1n) is 10.9. The minimum Gasteiger partial charge on any atom is -0.336 e. The summed E-state index contributed by atoms with van der Waals surface area (Å²) in [6, 6.07) is 25.3. The molecule has 2 N–H and O–H groups in total. The molecule has 4 rings (SSSR count). The summed E-state index contributed by atoms with van der Waals surface area (Å²) < 4.78 is 0. The van der Waals surface area contributed by atoms with Gasteiger partial charge in [-0.3, -0.25) is 19.3 Å². The van der Waals surface area contributed by atoms with Crippen molar-refractivity contribution in [3.63, 3.8) is 0 Å². The number of anilines is 2. The van der Waals surface area contributed by atoms with Gasteiger partial charge in [0, 0.05) is 37.4 Å². The van der Waals surface area contributed by atoms with Crippen molar-refractivity contribution in [1.82, 2.24) is 9.80 Å². The SMILES string of the molecule is O=C(CN1CCN(C(=O)c2ccccc2)CC1)Nc1ccccc1C(=O)Nc1ccccc1. The molecule has 7 heteroatoms. The number of rotatable bonds is 6. The summed E-state index contributed by atoms with van der Waals surface area (Å²) in [5, 5.41) is 5.71. The van der Waals surface area contributed by atoms with Crippen LogP contribution in [0.3, 0.4) is 0 Å². The lowest BCUT2D eigenvalue weighted by molar-refractivity contribution is -0.117. The van der Waals surface area contributed by atoms with Gasteiger partial charge in [0.25, 0.3) is 11.8 Å². The third-order valence-corrected chi connectivity index (χ3v) is 5.52. The predicted octanol–water partition coefficient (Wildman–Crippen LogP) is 3.34. The van der Waals surface area contributed by atoms with Crippen LogP contribution in [0.4, 0.5) is 11.4 Å². The molecule has 0 saturated carbocycles. The molecule has 7 nitrogen and oxygen atoms in total. The summed E-state index contributed by atoms with van der Waals surface area (Å²) in [5.41, 5.74) is 2.22. The number of hydrogen-bond donors (Lipinski definition) is 2. The van der Waals surface area contributed by atoms with Crippen LogP contribution in [0, 0.1) is 0 Å². The van der Waals surface area contributed by atoms with Crippen molar-refractivity contribution in [3.8, 4) is 0 Å². The topological polar surface area (TPSA) is 81.8 Å². The van der Waals surface area contributed by atoms with E-state index >= 15 is 0 Å². The number of benzene rings is 3. The van der Waals surface area contributed by atoms with E-state index in [0.29, 0.717) is 48.7 Å². The highest BCUT2D eigenvalue weighted by molar-refractivity contribution is 6.10. The maximum atomic E-state index is 12.7. The van der Waals surface area contributed by atoms with E-state index < -0.39 is 0 Å².